The maximum absolute atomic E-state index is 12.6. The minimum Gasteiger partial charge on any atom is -0.346 e. The Morgan fingerprint density at radius 3 is 2.64 bits per heavy atom. The van der Waals surface area contributed by atoms with Crippen molar-refractivity contribution < 1.29 is 8.42 Å². The molecule has 1 N–H and O–H groups in total. The lowest BCUT2D eigenvalue weighted by Crippen LogP contribution is -2.26. The zero-order valence-electron chi connectivity index (χ0n) is 15.0. The lowest BCUT2D eigenvalue weighted by molar-refractivity contribution is 0.581. The van der Waals surface area contributed by atoms with Gasteiger partial charge >= 0.3 is 0 Å². The van der Waals surface area contributed by atoms with Crippen LogP contribution in [-0.2, 0) is 29.3 Å². The number of fused-ring (bicyclic) bond motifs is 1. The number of nitrogens with zero attached hydrogens (tertiary/aromatic N) is 1. The molecule has 4 nitrogen and oxygen atoms in total. The van der Waals surface area contributed by atoms with E-state index < -0.39 is 10.0 Å². The van der Waals surface area contributed by atoms with E-state index in [4.69, 9.17) is 0 Å². The lowest BCUT2D eigenvalue weighted by atomic mass is 10.1. The average Bonchev–Trinajstić information content (AvgIpc) is 3.21. The van der Waals surface area contributed by atoms with Crippen LogP contribution in [0.25, 0.3) is 0 Å². The lowest BCUT2D eigenvalue weighted by Gasteiger charge is -2.10. The zero-order chi connectivity index (χ0) is 17.6. The molecule has 4 rings (SSSR count). The minimum absolute atomic E-state index is 0.400. The second-order valence-corrected chi connectivity index (χ2v) is 9.20. The summed E-state index contributed by atoms with van der Waals surface area (Å²) in [5.74, 6) is 0. The normalized spacial score (nSPS) is 17.0. The summed E-state index contributed by atoms with van der Waals surface area (Å²) in [5, 5.41) is 0. The molecule has 1 fully saturated rings. The van der Waals surface area contributed by atoms with Crippen LogP contribution < -0.4 is 4.72 Å². The van der Waals surface area contributed by atoms with E-state index in [9.17, 15) is 8.42 Å². The highest BCUT2D eigenvalue weighted by molar-refractivity contribution is 7.89. The first-order valence-electron chi connectivity index (χ1n) is 9.24. The van der Waals surface area contributed by atoms with Crippen molar-refractivity contribution in [1.82, 2.24) is 9.29 Å². The molecule has 1 aromatic heterocycles. The molecule has 0 bridgehead atoms. The van der Waals surface area contributed by atoms with Gasteiger partial charge in [0.05, 0.1) is 4.90 Å². The summed E-state index contributed by atoms with van der Waals surface area (Å²) in [6, 6.07) is 8.43. The monoisotopic (exact) mass is 358 g/mol. The highest BCUT2D eigenvalue weighted by Gasteiger charge is 2.27. The molecule has 134 valence electrons. The van der Waals surface area contributed by atoms with Crippen molar-refractivity contribution in [3.8, 4) is 0 Å². The van der Waals surface area contributed by atoms with E-state index in [2.05, 4.69) is 29.2 Å². The van der Waals surface area contributed by atoms with E-state index in [1.165, 1.54) is 40.9 Å². The molecular formula is C20H26N2O2S. The predicted molar refractivity (Wildman–Crippen MR) is 99.5 cm³/mol. The van der Waals surface area contributed by atoms with Crippen LogP contribution in [0.4, 0.5) is 0 Å². The number of hydrogen-bond donors (Lipinski definition) is 1. The number of nitrogens with one attached hydrogen (secondary N) is 1. The molecule has 1 heterocycles. The van der Waals surface area contributed by atoms with Gasteiger partial charge in [-0.3, -0.25) is 0 Å². The summed E-state index contributed by atoms with van der Waals surface area (Å²) < 4.78 is 30.3. The fourth-order valence-electron chi connectivity index (χ4n) is 4.11. The Balaban J connectivity index is 1.43. The SMILES string of the molecule is Cc1cc(CCNS(=O)(=O)c2ccc3c(c2)CCC3)c(C)n1C1CC1. The van der Waals surface area contributed by atoms with Crippen LogP contribution in [0, 0.1) is 13.8 Å². The van der Waals surface area contributed by atoms with Crippen LogP contribution in [0.3, 0.4) is 0 Å². The zero-order valence-corrected chi connectivity index (χ0v) is 15.8. The molecule has 2 aliphatic rings. The molecule has 0 radical (unpaired) electrons. The van der Waals surface area contributed by atoms with Gasteiger partial charge in [-0.15, -0.1) is 0 Å². The van der Waals surface area contributed by atoms with Gasteiger partial charge in [-0.1, -0.05) is 6.07 Å². The van der Waals surface area contributed by atoms with Crippen molar-refractivity contribution in [3.05, 3.63) is 52.3 Å². The van der Waals surface area contributed by atoms with Crippen molar-refractivity contribution in [2.75, 3.05) is 6.54 Å². The van der Waals surface area contributed by atoms with Crippen LogP contribution in [-0.4, -0.2) is 19.5 Å². The smallest absolute Gasteiger partial charge is 0.240 e. The van der Waals surface area contributed by atoms with Gasteiger partial charge in [-0.2, -0.15) is 0 Å². The Labute approximate surface area is 150 Å². The maximum atomic E-state index is 12.6. The molecule has 5 heteroatoms. The molecule has 2 aliphatic carbocycles. The summed E-state index contributed by atoms with van der Waals surface area (Å²) >= 11 is 0. The first kappa shape index (κ1) is 16.9. The van der Waals surface area contributed by atoms with Gasteiger partial charge in [-0.05, 0) is 87.3 Å². The molecule has 25 heavy (non-hydrogen) atoms. The highest BCUT2D eigenvalue weighted by Crippen LogP contribution is 2.38. The van der Waals surface area contributed by atoms with E-state index in [-0.39, 0.29) is 0 Å². The van der Waals surface area contributed by atoms with Gasteiger partial charge in [0.1, 0.15) is 0 Å². The van der Waals surface area contributed by atoms with Gasteiger partial charge in [-0.25, -0.2) is 13.1 Å². The van der Waals surface area contributed by atoms with E-state index in [1.54, 1.807) is 6.07 Å². The van der Waals surface area contributed by atoms with Crippen molar-refractivity contribution in [2.45, 2.75) is 63.3 Å². The van der Waals surface area contributed by atoms with Crippen LogP contribution in [0.5, 0.6) is 0 Å². The van der Waals surface area contributed by atoms with Gasteiger partial charge in [0.15, 0.2) is 0 Å². The molecule has 0 amide bonds. The first-order chi connectivity index (χ1) is 12.0. The third kappa shape index (κ3) is 3.27. The highest BCUT2D eigenvalue weighted by atomic mass is 32.2. The van der Waals surface area contributed by atoms with Gasteiger partial charge in [0.25, 0.3) is 0 Å². The van der Waals surface area contributed by atoms with Crippen LogP contribution in [0.15, 0.2) is 29.2 Å². The topological polar surface area (TPSA) is 51.1 Å². The van der Waals surface area contributed by atoms with Crippen molar-refractivity contribution >= 4 is 10.0 Å². The number of aromatic nitrogens is 1. The fourth-order valence-corrected chi connectivity index (χ4v) is 5.19. The number of benzene rings is 1. The minimum atomic E-state index is -3.43. The largest absolute Gasteiger partial charge is 0.346 e. The Morgan fingerprint density at radius 1 is 1.12 bits per heavy atom. The molecule has 2 aromatic rings. The molecule has 0 saturated heterocycles. The van der Waals surface area contributed by atoms with Gasteiger partial charge in [0.2, 0.25) is 10.0 Å². The number of aryl methyl sites for hydroxylation is 3. The van der Waals surface area contributed by atoms with E-state index in [0.717, 1.165) is 25.7 Å². The molecule has 0 unspecified atom stereocenters. The summed E-state index contributed by atoms with van der Waals surface area (Å²) in [6.45, 7) is 4.73. The Bertz CT molecular complexity index is 908. The standard InChI is InChI=1S/C20H26N2O2S/c1-14-12-17(15(2)22(14)19-7-8-19)10-11-21-25(23,24)20-9-6-16-4-3-5-18(16)13-20/h6,9,12-13,19,21H,3-5,7-8,10-11H2,1-2H3. The fraction of sp³-hybridized carbons (Fsp3) is 0.500. The first-order valence-corrected chi connectivity index (χ1v) is 10.7. The molecular weight excluding hydrogens is 332 g/mol. The molecule has 0 atom stereocenters. The second-order valence-electron chi connectivity index (χ2n) is 7.43. The van der Waals surface area contributed by atoms with Crippen molar-refractivity contribution in [3.63, 3.8) is 0 Å². The van der Waals surface area contributed by atoms with E-state index >= 15 is 0 Å². The molecule has 0 aliphatic heterocycles. The Hall–Kier alpha value is -1.59. The van der Waals surface area contributed by atoms with Gasteiger partial charge in [0, 0.05) is 24.0 Å². The molecule has 0 spiro atoms. The Kier molecular flexibility index (Phi) is 4.24. The predicted octanol–water partition coefficient (Wildman–Crippen LogP) is 3.45. The van der Waals surface area contributed by atoms with Crippen molar-refractivity contribution in [2.24, 2.45) is 0 Å². The molecule has 1 saturated carbocycles. The maximum Gasteiger partial charge on any atom is 0.240 e. The van der Waals surface area contributed by atoms with E-state index in [1.807, 2.05) is 12.1 Å². The van der Waals surface area contributed by atoms with Gasteiger partial charge < -0.3 is 4.57 Å². The Morgan fingerprint density at radius 2 is 1.88 bits per heavy atom. The number of sulfonamides is 1. The number of hydrogen-bond acceptors (Lipinski definition) is 2. The number of rotatable bonds is 6. The molecule has 1 aromatic carbocycles. The van der Waals surface area contributed by atoms with Crippen LogP contribution in [0.2, 0.25) is 0 Å². The summed E-state index contributed by atoms with van der Waals surface area (Å²) in [7, 11) is -3.43. The second kappa shape index (κ2) is 6.29. The third-order valence-corrected chi connectivity index (χ3v) is 7.03. The van der Waals surface area contributed by atoms with Crippen LogP contribution >= 0.6 is 0 Å². The summed E-state index contributed by atoms with van der Waals surface area (Å²) in [6.07, 6.45) is 6.45. The van der Waals surface area contributed by atoms with E-state index in [0.29, 0.717) is 17.5 Å². The van der Waals surface area contributed by atoms with Crippen LogP contribution in [0.1, 0.15) is 53.4 Å². The summed E-state index contributed by atoms with van der Waals surface area (Å²) in [5.41, 5.74) is 6.32. The quantitative estimate of drug-likeness (QED) is 0.860. The summed E-state index contributed by atoms with van der Waals surface area (Å²) in [4.78, 5) is 0.400. The van der Waals surface area contributed by atoms with Crippen molar-refractivity contribution in [1.29, 1.82) is 0 Å². The third-order valence-electron chi connectivity index (χ3n) is 5.57. The average molecular weight is 359 g/mol.